The molecule has 8 nitrogen and oxygen atoms in total. The molecule has 35 heavy (non-hydrogen) atoms. The first kappa shape index (κ1) is 26.5. The minimum atomic E-state index is -0.502. The van der Waals surface area contributed by atoms with Crippen molar-refractivity contribution in [1.82, 2.24) is 15.2 Å². The van der Waals surface area contributed by atoms with Crippen LogP contribution in [0.2, 0.25) is 0 Å². The van der Waals surface area contributed by atoms with Crippen molar-refractivity contribution in [1.29, 1.82) is 5.26 Å². The van der Waals surface area contributed by atoms with Crippen molar-refractivity contribution in [2.24, 2.45) is 5.92 Å². The van der Waals surface area contributed by atoms with Crippen molar-refractivity contribution in [2.45, 2.75) is 52.6 Å². The number of hydrogen-bond acceptors (Lipinski definition) is 7. The molecule has 1 aliphatic rings. The molecule has 0 saturated carbocycles. The molecule has 0 aliphatic carbocycles. The van der Waals surface area contributed by atoms with Crippen molar-refractivity contribution in [3.05, 3.63) is 35.2 Å². The van der Waals surface area contributed by atoms with Crippen LogP contribution in [-0.2, 0) is 9.53 Å². The summed E-state index contributed by atoms with van der Waals surface area (Å²) in [7, 11) is 0. The van der Waals surface area contributed by atoms with Gasteiger partial charge in [0.2, 0.25) is 5.91 Å². The number of nitrogens with zero attached hydrogens (tertiary/aromatic N) is 4. The van der Waals surface area contributed by atoms with E-state index in [-0.39, 0.29) is 24.5 Å². The topological polar surface area (TPSA) is 98.6 Å². The van der Waals surface area contributed by atoms with Crippen LogP contribution in [0.3, 0.4) is 0 Å². The molecule has 0 radical (unpaired) electrons. The molecule has 1 aliphatic heterocycles. The van der Waals surface area contributed by atoms with E-state index in [0.29, 0.717) is 38.5 Å². The van der Waals surface area contributed by atoms with Crippen LogP contribution >= 0.6 is 11.3 Å². The second kappa shape index (κ2) is 11.5. The fraction of sp³-hybridized carbons (Fsp3) is 0.538. The first-order valence-electron chi connectivity index (χ1n) is 12.0. The Balaban J connectivity index is 1.70. The zero-order valence-corrected chi connectivity index (χ0v) is 22.0. The molecule has 2 aromatic rings. The molecule has 1 unspecified atom stereocenters. The minimum absolute atomic E-state index is 0.00373. The number of anilines is 1. The van der Waals surface area contributed by atoms with E-state index in [9.17, 15) is 9.59 Å². The summed E-state index contributed by atoms with van der Waals surface area (Å²) >= 11 is 1.58. The van der Waals surface area contributed by atoms with Gasteiger partial charge in [-0.05, 0) is 44.7 Å². The molecule has 0 spiro atoms. The first-order chi connectivity index (χ1) is 16.6. The lowest BCUT2D eigenvalue weighted by Gasteiger charge is -2.35. The lowest BCUT2D eigenvalue weighted by Crippen LogP contribution is -2.50. The van der Waals surface area contributed by atoms with Crippen LogP contribution in [0.4, 0.5) is 9.93 Å². The molecule has 2 heterocycles. The lowest BCUT2D eigenvalue weighted by atomic mass is 9.88. The van der Waals surface area contributed by atoms with Crippen LogP contribution in [0.15, 0.2) is 29.6 Å². The van der Waals surface area contributed by atoms with Crippen LogP contribution < -0.4 is 10.2 Å². The number of nitriles is 1. The molecule has 0 bridgehead atoms. The summed E-state index contributed by atoms with van der Waals surface area (Å²) in [6.07, 6.45) is 0.425. The number of aromatic nitrogens is 1. The Kier molecular flexibility index (Phi) is 8.73. The van der Waals surface area contributed by atoms with Gasteiger partial charge in [-0.15, -0.1) is 11.3 Å². The van der Waals surface area contributed by atoms with Crippen LogP contribution in [-0.4, -0.2) is 60.2 Å². The van der Waals surface area contributed by atoms with E-state index in [0.717, 1.165) is 22.0 Å². The number of hydrogen-bond donors (Lipinski definition) is 1. The summed E-state index contributed by atoms with van der Waals surface area (Å²) in [5.74, 6) is -0.108. The van der Waals surface area contributed by atoms with Gasteiger partial charge in [-0.25, -0.2) is 9.78 Å². The van der Waals surface area contributed by atoms with Crippen LogP contribution in [0.1, 0.15) is 52.5 Å². The average Bonchev–Trinajstić information content (AvgIpc) is 3.30. The molecule has 2 amide bonds. The van der Waals surface area contributed by atoms with Gasteiger partial charge in [0.15, 0.2) is 5.13 Å². The smallest absolute Gasteiger partial charge is 0.410 e. The third-order valence-corrected chi connectivity index (χ3v) is 6.55. The van der Waals surface area contributed by atoms with Gasteiger partial charge in [-0.2, -0.15) is 5.26 Å². The number of ether oxygens (including phenoxy) is 1. The second-order valence-electron chi connectivity index (χ2n) is 10.2. The van der Waals surface area contributed by atoms with Gasteiger partial charge in [-0.3, -0.25) is 4.79 Å². The highest BCUT2D eigenvalue weighted by Crippen LogP contribution is 2.31. The summed E-state index contributed by atoms with van der Waals surface area (Å²) in [6.45, 7) is 12.4. The molecule has 3 rings (SSSR count). The highest BCUT2D eigenvalue weighted by atomic mass is 32.1. The maximum atomic E-state index is 12.7. The number of piperazine rings is 1. The maximum absolute atomic E-state index is 12.7. The molecule has 1 saturated heterocycles. The number of rotatable bonds is 7. The fourth-order valence-electron chi connectivity index (χ4n) is 3.98. The van der Waals surface area contributed by atoms with Gasteiger partial charge in [0.1, 0.15) is 12.1 Å². The molecule has 188 valence electrons. The Hall–Kier alpha value is -3.12. The van der Waals surface area contributed by atoms with Gasteiger partial charge in [0, 0.05) is 37.1 Å². The van der Waals surface area contributed by atoms with Gasteiger partial charge < -0.3 is 19.9 Å². The van der Waals surface area contributed by atoms with E-state index < -0.39 is 5.60 Å². The van der Waals surface area contributed by atoms with Gasteiger partial charge >= 0.3 is 6.09 Å². The third kappa shape index (κ3) is 7.43. The molecule has 1 aromatic carbocycles. The molecule has 1 atom stereocenters. The Morgan fingerprint density at radius 3 is 2.57 bits per heavy atom. The van der Waals surface area contributed by atoms with E-state index in [2.05, 4.69) is 24.1 Å². The number of benzene rings is 1. The van der Waals surface area contributed by atoms with E-state index in [1.165, 1.54) is 0 Å². The summed E-state index contributed by atoms with van der Waals surface area (Å²) in [6, 6.07) is 9.92. The van der Waals surface area contributed by atoms with Crippen LogP contribution in [0.5, 0.6) is 0 Å². The normalized spacial score (nSPS) is 15.0. The Labute approximate surface area is 211 Å². The predicted octanol–water partition coefficient (Wildman–Crippen LogP) is 4.64. The van der Waals surface area contributed by atoms with Crippen LogP contribution in [0, 0.1) is 17.2 Å². The highest BCUT2D eigenvalue weighted by molar-refractivity contribution is 7.14. The van der Waals surface area contributed by atoms with Crippen molar-refractivity contribution in [3.63, 3.8) is 0 Å². The van der Waals surface area contributed by atoms with Crippen molar-refractivity contribution in [2.75, 3.05) is 37.6 Å². The zero-order chi connectivity index (χ0) is 25.6. The maximum Gasteiger partial charge on any atom is 0.410 e. The van der Waals surface area contributed by atoms with E-state index in [1.807, 2.05) is 56.5 Å². The summed E-state index contributed by atoms with van der Waals surface area (Å²) < 4.78 is 5.48. The molecule has 1 aromatic heterocycles. The quantitative estimate of drug-likeness (QED) is 0.560. The largest absolute Gasteiger partial charge is 0.444 e. The number of nitrogens with one attached hydrogen (secondary N) is 1. The molecule has 9 heteroatoms. The summed E-state index contributed by atoms with van der Waals surface area (Å²) in [4.78, 5) is 33.8. The zero-order valence-electron chi connectivity index (χ0n) is 21.2. The van der Waals surface area contributed by atoms with E-state index >= 15 is 0 Å². The summed E-state index contributed by atoms with van der Waals surface area (Å²) in [5.41, 5.74) is 2.24. The number of carbonyl (C=O) groups excluding carboxylic acids is 2. The number of thiazole rings is 1. The molecule has 1 fully saturated rings. The lowest BCUT2D eigenvalue weighted by molar-refractivity contribution is -0.122. The standard InChI is InChI=1S/C26H35N5O3S/c1-18(2)15-21(23(32)28-10-9-27)19-7-6-8-20(16-19)22-17-35-24(29-22)30-11-13-31(14-12-30)25(33)34-26(3,4)5/h6-8,16-18,21H,10-15H2,1-5H3,(H,28,32). The predicted molar refractivity (Wildman–Crippen MR) is 138 cm³/mol. The Bertz CT molecular complexity index is 1060. The third-order valence-electron chi connectivity index (χ3n) is 5.64. The molecular formula is C26H35N5O3S. The van der Waals surface area contributed by atoms with E-state index in [1.54, 1.807) is 16.2 Å². The summed E-state index contributed by atoms with van der Waals surface area (Å²) in [5, 5.41) is 14.5. The van der Waals surface area contributed by atoms with Crippen LogP contribution in [0.25, 0.3) is 11.3 Å². The van der Waals surface area contributed by atoms with E-state index in [4.69, 9.17) is 15.0 Å². The Morgan fingerprint density at radius 2 is 1.94 bits per heavy atom. The number of carbonyl (C=O) groups is 2. The SMILES string of the molecule is CC(C)CC(C(=O)NCC#N)c1cccc(-c2csc(N3CCN(C(=O)OC(C)(C)C)CC3)n2)c1. The first-order valence-corrected chi connectivity index (χ1v) is 12.9. The number of amides is 2. The fourth-order valence-corrected chi connectivity index (χ4v) is 4.87. The van der Waals surface area contributed by atoms with Gasteiger partial charge in [0.05, 0.1) is 17.7 Å². The Morgan fingerprint density at radius 1 is 1.23 bits per heavy atom. The van der Waals surface area contributed by atoms with Crippen molar-refractivity contribution >= 4 is 28.5 Å². The van der Waals surface area contributed by atoms with Crippen molar-refractivity contribution in [3.8, 4) is 17.3 Å². The highest BCUT2D eigenvalue weighted by Gasteiger charge is 2.27. The minimum Gasteiger partial charge on any atom is -0.444 e. The monoisotopic (exact) mass is 497 g/mol. The average molecular weight is 498 g/mol. The molecular weight excluding hydrogens is 462 g/mol. The van der Waals surface area contributed by atoms with Gasteiger partial charge in [0.25, 0.3) is 0 Å². The molecule has 1 N–H and O–H groups in total. The van der Waals surface area contributed by atoms with Gasteiger partial charge in [-0.1, -0.05) is 32.0 Å². The van der Waals surface area contributed by atoms with Crippen molar-refractivity contribution < 1.29 is 14.3 Å². The second-order valence-corrected chi connectivity index (χ2v) is 11.0.